The molecule has 0 spiro atoms. The lowest BCUT2D eigenvalue weighted by Crippen LogP contribution is -2.01. The van der Waals surface area contributed by atoms with E-state index in [1.54, 1.807) is 0 Å². The molecule has 3 heterocycles. The van der Waals surface area contributed by atoms with E-state index in [-0.39, 0.29) is 0 Å². The van der Waals surface area contributed by atoms with Crippen LogP contribution in [-0.2, 0) is 6.42 Å². The molecule has 5 nitrogen and oxygen atoms in total. The molecule has 0 saturated heterocycles. The minimum Gasteiger partial charge on any atom is -0.456 e. The summed E-state index contributed by atoms with van der Waals surface area (Å²) in [5, 5.41) is 6.50. The first-order valence-electron chi connectivity index (χ1n) is 17.6. The van der Waals surface area contributed by atoms with E-state index in [9.17, 15) is 0 Å². The van der Waals surface area contributed by atoms with E-state index in [0.29, 0.717) is 17.5 Å². The lowest BCUT2D eigenvalue weighted by atomic mass is 9.95. The lowest BCUT2D eigenvalue weighted by Gasteiger charge is -2.13. The Morgan fingerprint density at radius 3 is 2.13 bits per heavy atom. The van der Waals surface area contributed by atoms with Crippen LogP contribution in [0.3, 0.4) is 0 Å². The highest BCUT2D eigenvalue weighted by atomic mass is 16.3. The molecule has 0 aliphatic heterocycles. The van der Waals surface area contributed by atoms with Gasteiger partial charge in [-0.3, -0.25) is 0 Å². The molecule has 0 atom stereocenters. The molecule has 5 heteroatoms. The summed E-state index contributed by atoms with van der Waals surface area (Å²) in [6.45, 7) is 0. The molecule has 0 amide bonds. The van der Waals surface area contributed by atoms with Gasteiger partial charge >= 0.3 is 0 Å². The van der Waals surface area contributed by atoms with Crippen LogP contribution in [0.15, 0.2) is 154 Å². The minimum absolute atomic E-state index is 0.603. The number of benzene rings is 7. The smallest absolute Gasteiger partial charge is 0.164 e. The van der Waals surface area contributed by atoms with Crippen LogP contribution in [0.1, 0.15) is 17.5 Å². The van der Waals surface area contributed by atoms with Crippen LogP contribution in [0.4, 0.5) is 0 Å². The Morgan fingerprint density at radius 2 is 1.19 bits per heavy atom. The third kappa shape index (κ3) is 4.60. The molecule has 11 rings (SSSR count). The standard InChI is InChI=1S/C47H29N3O2/c1-3-11-30-25-33(21-19-28(30)9-1)45-48-46(34-22-20-29-10-2-4-12-31(29)26-34)50-47(49-45)39-16-8-18-41-43(39)38-24-23-32(27-42(38)51-41)35-14-7-15-37-36-13-5-6-17-40(36)52-44(35)37/h1,3-9,11-27H,2,10H2. The number of nitrogens with zero attached hydrogens (tertiary/aromatic N) is 3. The van der Waals surface area contributed by atoms with Crippen LogP contribution in [0.25, 0.3) is 106 Å². The first-order valence-corrected chi connectivity index (χ1v) is 17.6. The topological polar surface area (TPSA) is 65.0 Å². The number of aryl methyl sites for hydroxylation is 1. The van der Waals surface area contributed by atoms with Crippen molar-refractivity contribution in [3.8, 4) is 45.3 Å². The van der Waals surface area contributed by atoms with Crippen LogP contribution in [-0.4, -0.2) is 15.0 Å². The molecule has 10 aromatic rings. The molecule has 244 valence electrons. The number of aromatic nitrogens is 3. The van der Waals surface area contributed by atoms with Crippen LogP contribution >= 0.6 is 0 Å². The van der Waals surface area contributed by atoms with Crippen molar-refractivity contribution >= 4 is 60.7 Å². The molecule has 1 aliphatic carbocycles. The number of rotatable bonds is 4. The van der Waals surface area contributed by atoms with Gasteiger partial charge in [-0.05, 0) is 76.7 Å². The number of para-hydroxylation sites is 2. The Balaban J connectivity index is 1.10. The predicted octanol–water partition coefficient (Wildman–Crippen LogP) is 12.5. The SMILES string of the molecule is C1=Cc2cc(-c3nc(-c4ccc5ccccc5c4)nc(-c4cccc5oc6cc(-c7cccc8c7oc7ccccc78)ccc6c45)n3)ccc2CC1. The van der Waals surface area contributed by atoms with Gasteiger partial charge in [-0.2, -0.15) is 0 Å². The number of hydrogen-bond acceptors (Lipinski definition) is 5. The highest BCUT2D eigenvalue weighted by Crippen LogP contribution is 2.41. The van der Waals surface area contributed by atoms with E-state index in [1.807, 2.05) is 30.3 Å². The molecular formula is C47H29N3O2. The lowest BCUT2D eigenvalue weighted by molar-refractivity contribution is 0.668. The van der Waals surface area contributed by atoms with Gasteiger partial charge in [0.05, 0.1) is 0 Å². The highest BCUT2D eigenvalue weighted by molar-refractivity contribution is 6.14. The summed E-state index contributed by atoms with van der Waals surface area (Å²) in [7, 11) is 0. The minimum atomic E-state index is 0.603. The Bertz CT molecular complexity index is 3090. The van der Waals surface area contributed by atoms with Crippen molar-refractivity contribution in [1.82, 2.24) is 15.0 Å². The predicted molar refractivity (Wildman–Crippen MR) is 211 cm³/mol. The van der Waals surface area contributed by atoms with Gasteiger partial charge in [0.15, 0.2) is 17.5 Å². The van der Waals surface area contributed by atoms with Gasteiger partial charge in [-0.1, -0.05) is 115 Å². The second kappa shape index (κ2) is 11.3. The molecule has 0 fully saturated rings. The Kier molecular flexibility index (Phi) is 6.31. The van der Waals surface area contributed by atoms with Gasteiger partial charge in [-0.15, -0.1) is 0 Å². The fraction of sp³-hybridized carbons (Fsp3) is 0.0426. The van der Waals surface area contributed by atoms with Crippen molar-refractivity contribution < 1.29 is 8.83 Å². The van der Waals surface area contributed by atoms with Crippen molar-refractivity contribution in [2.45, 2.75) is 12.8 Å². The summed E-state index contributed by atoms with van der Waals surface area (Å²) < 4.78 is 13.0. The fourth-order valence-corrected chi connectivity index (χ4v) is 7.80. The largest absolute Gasteiger partial charge is 0.456 e. The maximum absolute atomic E-state index is 6.58. The maximum Gasteiger partial charge on any atom is 0.164 e. The third-order valence-corrected chi connectivity index (χ3v) is 10.4. The molecular weight excluding hydrogens is 639 g/mol. The molecule has 0 bridgehead atoms. The number of fused-ring (bicyclic) bond motifs is 8. The molecule has 7 aromatic carbocycles. The zero-order valence-electron chi connectivity index (χ0n) is 28.0. The van der Waals surface area contributed by atoms with E-state index >= 15 is 0 Å². The molecule has 1 aliphatic rings. The van der Waals surface area contributed by atoms with Gasteiger partial charge in [0.25, 0.3) is 0 Å². The van der Waals surface area contributed by atoms with Crippen molar-refractivity contribution in [3.63, 3.8) is 0 Å². The van der Waals surface area contributed by atoms with Gasteiger partial charge in [0.2, 0.25) is 0 Å². The average molecular weight is 668 g/mol. The molecule has 0 unspecified atom stereocenters. The number of hydrogen-bond donors (Lipinski definition) is 0. The third-order valence-electron chi connectivity index (χ3n) is 10.4. The van der Waals surface area contributed by atoms with Gasteiger partial charge in [0.1, 0.15) is 22.3 Å². The average Bonchev–Trinajstić information content (AvgIpc) is 3.78. The number of allylic oxidation sites excluding steroid dienone is 1. The van der Waals surface area contributed by atoms with Crippen LogP contribution in [0.2, 0.25) is 0 Å². The summed E-state index contributed by atoms with van der Waals surface area (Å²) in [5.74, 6) is 1.87. The van der Waals surface area contributed by atoms with Crippen LogP contribution in [0, 0.1) is 0 Å². The summed E-state index contributed by atoms with van der Waals surface area (Å²) in [6.07, 6.45) is 6.55. The van der Waals surface area contributed by atoms with Crippen LogP contribution < -0.4 is 0 Å². The first-order chi connectivity index (χ1) is 25.7. The molecule has 0 radical (unpaired) electrons. The Hall–Kier alpha value is -6.85. The Labute approximate surface area is 298 Å². The normalized spacial score (nSPS) is 12.8. The van der Waals surface area contributed by atoms with E-state index in [0.717, 1.165) is 89.9 Å². The highest BCUT2D eigenvalue weighted by Gasteiger charge is 2.20. The summed E-state index contributed by atoms with van der Waals surface area (Å²) >= 11 is 0. The fourth-order valence-electron chi connectivity index (χ4n) is 7.80. The van der Waals surface area contributed by atoms with Crippen molar-refractivity contribution in [1.29, 1.82) is 0 Å². The maximum atomic E-state index is 6.58. The zero-order valence-corrected chi connectivity index (χ0v) is 28.0. The zero-order chi connectivity index (χ0) is 34.2. The van der Waals surface area contributed by atoms with E-state index in [1.165, 1.54) is 16.5 Å². The first kappa shape index (κ1) is 28.9. The van der Waals surface area contributed by atoms with E-state index < -0.39 is 0 Å². The molecule has 0 saturated carbocycles. The molecule has 0 N–H and O–H groups in total. The van der Waals surface area contributed by atoms with Crippen molar-refractivity contribution in [2.75, 3.05) is 0 Å². The monoisotopic (exact) mass is 667 g/mol. The van der Waals surface area contributed by atoms with Crippen molar-refractivity contribution in [3.05, 3.63) is 157 Å². The summed E-state index contributed by atoms with van der Waals surface area (Å²) in [6, 6.07) is 48.3. The van der Waals surface area contributed by atoms with Crippen molar-refractivity contribution in [2.24, 2.45) is 0 Å². The van der Waals surface area contributed by atoms with Gasteiger partial charge < -0.3 is 8.83 Å². The molecule has 3 aromatic heterocycles. The second-order valence-corrected chi connectivity index (χ2v) is 13.5. The molecule has 52 heavy (non-hydrogen) atoms. The van der Waals surface area contributed by atoms with Gasteiger partial charge in [-0.25, -0.2) is 15.0 Å². The van der Waals surface area contributed by atoms with Gasteiger partial charge in [0, 0.05) is 43.8 Å². The summed E-state index contributed by atoms with van der Waals surface area (Å²) in [4.78, 5) is 15.4. The van der Waals surface area contributed by atoms with Crippen LogP contribution in [0.5, 0.6) is 0 Å². The second-order valence-electron chi connectivity index (χ2n) is 13.5. The quantitative estimate of drug-likeness (QED) is 0.187. The summed E-state index contributed by atoms with van der Waals surface area (Å²) in [5.41, 5.74) is 10.7. The van der Waals surface area contributed by atoms with E-state index in [4.69, 9.17) is 23.8 Å². The van der Waals surface area contributed by atoms with E-state index in [2.05, 4.69) is 121 Å². The Morgan fingerprint density at radius 1 is 0.462 bits per heavy atom. The number of furan rings is 2.